The normalized spacial score (nSPS) is 45.1. The molecule has 4 fully saturated rings. The third-order valence-corrected chi connectivity index (χ3v) is 8.11. The standard InChI is InChI=1S/C20H28O6/c1-10(17(22)23)11-4-5-13-12(6-11)18(24)26-9-20(13)14-8-25-16(7-15(20)21)19(14,2)3/h10-14,16H,4-9H2,1-3H3,(H,22,23)/t10?,11-,12+,13-,14+,16+,20+/m1/s1. The summed E-state index contributed by atoms with van der Waals surface area (Å²) >= 11 is 0. The number of esters is 1. The number of rotatable bonds is 2. The number of hydrogen-bond donors (Lipinski definition) is 1. The molecule has 4 rings (SSSR count). The van der Waals surface area contributed by atoms with Gasteiger partial charge in [-0.3, -0.25) is 14.4 Å². The van der Waals surface area contributed by atoms with E-state index in [1.807, 2.05) is 0 Å². The van der Waals surface area contributed by atoms with Crippen molar-refractivity contribution >= 4 is 17.7 Å². The van der Waals surface area contributed by atoms with Gasteiger partial charge in [-0.2, -0.15) is 0 Å². The maximum absolute atomic E-state index is 13.2. The van der Waals surface area contributed by atoms with Crippen LogP contribution in [-0.2, 0) is 23.9 Å². The Kier molecular flexibility index (Phi) is 3.99. The maximum atomic E-state index is 13.2. The van der Waals surface area contributed by atoms with E-state index in [-0.39, 0.29) is 53.6 Å². The summed E-state index contributed by atoms with van der Waals surface area (Å²) in [5, 5.41) is 9.35. The molecule has 1 N–H and O–H groups in total. The van der Waals surface area contributed by atoms with Gasteiger partial charge in [0.15, 0.2) is 0 Å². The lowest BCUT2D eigenvalue weighted by Gasteiger charge is -2.56. The second-order valence-corrected chi connectivity index (χ2v) is 9.38. The van der Waals surface area contributed by atoms with Gasteiger partial charge in [-0.05, 0) is 36.5 Å². The van der Waals surface area contributed by atoms with E-state index in [0.29, 0.717) is 25.9 Å². The van der Waals surface area contributed by atoms with E-state index in [1.165, 1.54) is 0 Å². The highest BCUT2D eigenvalue weighted by Gasteiger charge is 2.68. The minimum atomic E-state index is -0.825. The molecule has 0 aromatic heterocycles. The first kappa shape index (κ1) is 18.0. The summed E-state index contributed by atoms with van der Waals surface area (Å²) < 4.78 is 11.5. The number of ether oxygens (including phenoxy) is 2. The van der Waals surface area contributed by atoms with Crippen molar-refractivity contribution in [2.24, 2.45) is 40.4 Å². The summed E-state index contributed by atoms with van der Waals surface area (Å²) in [6.45, 7) is 6.73. The molecule has 2 bridgehead atoms. The van der Waals surface area contributed by atoms with Crippen LogP contribution in [0.25, 0.3) is 0 Å². The van der Waals surface area contributed by atoms with Crippen LogP contribution in [0, 0.1) is 40.4 Å². The third kappa shape index (κ3) is 2.23. The Morgan fingerprint density at radius 1 is 1.27 bits per heavy atom. The number of carboxylic acids is 1. The fourth-order valence-electron chi connectivity index (χ4n) is 6.34. The highest BCUT2D eigenvalue weighted by Crippen LogP contribution is 2.62. The van der Waals surface area contributed by atoms with E-state index in [0.717, 1.165) is 6.42 Å². The molecule has 26 heavy (non-hydrogen) atoms. The molecule has 144 valence electrons. The van der Waals surface area contributed by atoms with Crippen LogP contribution in [0.15, 0.2) is 0 Å². The number of carbonyl (C=O) groups excluding carboxylic acids is 2. The highest BCUT2D eigenvalue weighted by atomic mass is 16.5. The average molecular weight is 364 g/mol. The molecule has 1 unspecified atom stereocenters. The molecule has 2 aliphatic carbocycles. The molecule has 2 aliphatic heterocycles. The predicted octanol–water partition coefficient (Wildman–Crippen LogP) is 2.30. The van der Waals surface area contributed by atoms with Crippen molar-refractivity contribution < 1.29 is 29.0 Å². The molecule has 0 radical (unpaired) electrons. The van der Waals surface area contributed by atoms with Gasteiger partial charge in [0, 0.05) is 12.3 Å². The molecule has 7 atom stereocenters. The van der Waals surface area contributed by atoms with Gasteiger partial charge in [0.25, 0.3) is 0 Å². The smallest absolute Gasteiger partial charge is 0.309 e. The lowest BCUT2D eigenvalue weighted by atomic mass is 9.47. The van der Waals surface area contributed by atoms with Crippen molar-refractivity contribution in [3.63, 3.8) is 0 Å². The Hall–Kier alpha value is -1.43. The molecule has 0 aromatic carbocycles. The fourth-order valence-corrected chi connectivity index (χ4v) is 6.34. The van der Waals surface area contributed by atoms with Crippen LogP contribution in [0.4, 0.5) is 0 Å². The first-order valence-electron chi connectivity index (χ1n) is 9.74. The molecule has 4 aliphatic rings. The second kappa shape index (κ2) is 5.78. The number of Topliss-reactive ketones (excluding diaryl/α,β-unsaturated/α-hetero) is 1. The summed E-state index contributed by atoms with van der Waals surface area (Å²) in [6.07, 6.45) is 2.30. The van der Waals surface area contributed by atoms with Crippen LogP contribution in [-0.4, -0.2) is 42.1 Å². The molecule has 2 heterocycles. The van der Waals surface area contributed by atoms with Crippen molar-refractivity contribution in [1.82, 2.24) is 0 Å². The van der Waals surface area contributed by atoms with Crippen molar-refractivity contribution in [2.75, 3.05) is 13.2 Å². The van der Waals surface area contributed by atoms with E-state index < -0.39 is 17.3 Å². The van der Waals surface area contributed by atoms with Crippen LogP contribution < -0.4 is 0 Å². The molecule has 6 heteroatoms. The van der Waals surface area contributed by atoms with Gasteiger partial charge in [-0.15, -0.1) is 0 Å². The Balaban J connectivity index is 1.68. The number of hydrogen-bond acceptors (Lipinski definition) is 5. The van der Waals surface area contributed by atoms with Crippen molar-refractivity contribution in [3.8, 4) is 0 Å². The zero-order chi connectivity index (χ0) is 18.9. The lowest BCUT2D eigenvalue weighted by molar-refractivity contribution is -0.195. The molecule has 0 amide bonds. The Labute approximate surface area is 153 Å². The van der Waals surface area contributed by atoms with Gasteiger partial charge in [0.05, 0.1) is 30.0 Å². The van der Waals surface area contributed by atoms with E-state index in [9.17, 15) is 19.5 Å². The first-order chi connectivity index (χ1) is 12.2. The van der Waals surface area contributed by atoms with Gasteiger partial charge in [0.2, 0.25) is 0 Å². The van der Waals surface area contributed by atoms with E-state index >= 15 is 0 Å². The van der Waals surface area contributed by atoms with Gasteiger partial charge < -0.3 is 14.6 Å². The molecule has 0 aromatic rings. The zero-order valence-electron chi connectivity index (χ0n) is 15.7. The topological polar surface area (TPSA) is 89.9 Å². The molecular formula is C20H28O6. The van der Waals surface area contributed by atoms with Crippen molar-refractivity contribution in [1.29, 1.82) is 0 Å². The monoisotopic (exact) mass is 364 g/mol. The highest BCUT2D eigenvalue weighted by molar-refractivity contribution is 5.90. The van der Waals surface area contributed by atoms with Crippen molar-refractivity contribution in [2.45, 2.75) is 52.6 Å². The summed E-state index contributed by atoms with van der Waals surface area (Å²) in [6, 6.07) is 0. The Morgan fingerprint density at radius 2 is 2.00 bits per heavy atom. The van der Waals surface area contributed by atoms with Crippen LogP contribution >= 0.6 is 0 Å². The molecular weight excluding hydrogens is 336 g/mol. The van der Waals surface area contributed by atoms with Gasteiger partial charge in [-0.1, -0.05) is 20.8 Å². The van der Waals surface area contributed by atoms with Gasteiger partial charge in [0.1, 0.15) is 12.4 Å². The summed E-state index contributed by atoms with van der Waals surface area (Å²) in [4.78, 5) is 37.2. The van der Waals surface area contributed by atoms with Gasteiger partial charge >= 0.3 is 11.9 Å². The number of ketones is 1. The average Bonchev–Trinajstić information content (AvgIpc) is 2.80. The van der Waals surface area contributed by atoms with E-state index in [2.05, 4.69) is 13.8 Å². The lowest BCUT2D eigenvalue weighted by Crippen LogP contribution is -2.63. The second-order valence-electron chi connectivity index (χ2n) is 9.38. The zero-order valence-corrected chi connectivity index (χ0v) is 15.7. The number of cyclic esters (lactones) is 1. The summed E-state index contributed by atoms with van der Waals surface area (Å²) in [5.41, 5.74) is -0.778. The van der Waals surface area contributed by atoms with Crippen LogP contribution in [0.3, 0.4) is 0 Å². The van der Waals surface area contributed by atoms with E-state index in [4.69, 9.17) is 9.47 Å². The quantitative estimate of drug-likeness (QED) is 0.756. The molecule has 2 saturated carbocycles. The molecule has 1 spiro atoms. The Morgan fingerprint density at radius 3 is 2.69 bits per heavy atom. The van der Waals surface area contributed by atoms with Crippen LogP contribution in [0.5, 0.6) is 0 Å². The molecule has 2 saturated heterocycles. The minimum absolute atomic E-state index is 0.0456. The number of aliphatic carboxylic acids is 1. The summed E-state index contributed by atoms with van der Waals surface area (Å²) in [7, 11) is 0. The summed E-state index contributed by atoms with van der Waals surface area (Å²) in [5.74, 6) is -1.81. The fraction of sp³-hybridized carbons (Fsp3) is 0.850. The number of carbonyl (C=O) groups is 3. The maximum Gasteiger partial charge on any atom is 0.309 e. The largest absolute Gasteiger partial charge is 0.481 e. The van der Waals surface area contributed by atoms with Crippen molar-refractivity contribution in [3.05, 3.63) is 0 Å². The number of carboxylic acid groups (broad SMARTS) is 1. The number of fused-ring (bicyclic) bond motifs is 5. The first-order valence-corrected chi connectivity index (χ1v) is 9.74. The van der Waals surface area contributed by atoms with Crippen LogP contribution in [0.2, 0.25) is 0 Å². The van der Waals surface area contributed by atoms with Crippen LogP contribution in [0.1, 0.15) is 46.5 Å². The SMILES string of the molecule is CC(C(=O)O)[C@@H]1CC[C@@H]2[C@H](C1)C(=O)OC[C@]21C(=O)C[C@@H]2OC[C@H]1C2(C)C. The molecule has 6 nitrogen and oxygen atoms in total. The Bertz CT molecular complexity index is 655. The third-order valence-electron chi connectivity index (χ3n) is 8.11. The minimum Gasteiger partial charge on any atom is -0.481 e. The van der Waals surface area contributed by atoms with E-state index in [1.54, 1.807) is 6.92 Å². The van der Waals surface area contributed by atoms with Gasteiger partial charge in [-0.25, -0.2) is 0 Å². The predicted molar refractivity (Wildman–Crippen MR) is 91.1 cm³/mol.